The Labute approximate surface area is 194 Å². The maximum Gasteiger partial charge on any atom is 0.321 e. The predicted molar refractivity (Wildman–Crippen MR) is 124 cm³/mol. The zero-order valence-electron chi connectivity index (χ0n) is 18.8. The van der Waals surface area contributed by atoms with E-state index in [0.29, 0.717) is 42.8 Å². The molecule has 174 valence electrons. The molecule has 2 fully saturated rings. The largest absolute Gasteiger partial charge is 0.497 e. The number of benzene rings is 2. The Morgan fingerprint density at radius 3 is 2.33 bits per heavy atom. The molecule has 2 N–H and O–H groups in total. The fourth-order valence-electron chi connectivity index (χ4n) is 4.75. The summed E-state index contributed by atoms with van der Waals surface area (Å²) in [4.78, 5) is 17.0. The van der Waals surface area contributed by atoms with Crippen molar-refractivity contribution in [1.29, 1.82) is 5.26 Å². The Hall–Kier alpha value is -3.28. The van der Waals surface area contributed by atoms with Crippen LogP contribution in [0.2, 0.25) is 0 Å². The highest BCUT2D eigenvalue weighted by Crippen LogP contribution is 2.29. The van der Waals surface area contributed by atoms with Crippen LogP contribution in [0.1, 0.15) is 12.0 Å². The van der Waals surface area contributed by atoms with Gasteiger partial charge in [-0.3, -0.25) is 4.90 Å². The molecule has 0 radical (unpaired) electrons. The first-order valence-electron chi connectivity index (χ1n) is 11.3. The van der Waals surface area contributed by atoms with Gasteiger partial charge in [0.15, 0.2) is 0 Å². The standard InChI is InChI=1S/C25H30N4O4/c1-32-23-8-4-21(5-9-23)27-25(31)29-14-19-10-20(15-29)13-28(12-19)16-22(30)17-33-24-6-2-18(11-26)3-7-24/h2-9,19-20,22,30H,10,12-17H2,1H3,(H,27,31). The molecule has 2 aromatic carbocycles. The smallest absolute Gasteiger partial charge is 0.321 e. The number of anilines is 1. The van der Waals surface area contributed by atoms with Crippen LogP contribution in [-0.4, -0.2) is 73.5 Å². The van der Waals surface area contributed by atoms with Gasteiger partial charge in [-0.15, -0.1) is 0 Å². The van der Waals surface area contributed by atoms with Gasteiger partial charge in [0.25, 0.3) is 0 Å². The molecule has 0 spiro atoms. The second-order valence-corrected chi connectivity index (χ2v) is 8.85. The van der Waals surface area contributed by atoms with Crippen molar-refractivity contribution in [3.8, 4) is 17.6 Å². The molecular formula is C25H30N4O4. The number of carbonyl (C=O) groups excluding carboxylic acids is 1. The van der Waals surface area contributed by atoms with Crippen LogP contribution < -0.4 is 14.8 Å². The Balaban J connectivity index is 1.23. The lowest BCUT2D eigenvalue weighted by atomic mass is 9.84. The number of nitrogens with one attached hydrogen (secondary N) is 1. The molecule has 2 bridgehead atoms. The van der Waals surface area contributed by atoms with E-state index in [2.05, 4.69) is 16.3 Å². The second kappa shape index (κ2) is 10.6. The number of ether oxygens (including phenoxy) is 2. The summed E-state index contributed by atoms with van der Waals surface area (Å²) in [6, 6.07) is 16.2. The first kappa shape index (κ1) is 22.9. The highest BCUT2D eigenvalue weighted by atomic mass is 16.5. The van der Waals surface area contributed by atoms with Crippen molar-refractivity contribution in [3.05, 3.63) is 54.1 Å². The lowest BCUT2D eigenvalue weighted by molar-refractivity contribution is 0.0105. The fourth-order valence-corrected chi connectivity index (χ4v) is 4.75. The van der Waals surface area contributed by atoms with Crippen molar-refractivity contribution in [2.75, 3.05) is 51.8 Å². The van der Waals surface area contributed by atoms with Gasteiger partial charge < -0.3 is 24.8 Å². The SMILES string of the molecule is COc1ccc(NC(=O)N2CC3CC(CN(CC(O)COc4ccc(C#N)cc4)C3)C2)cc1. The van der Waals surface area contributed by atoms with Gasteiger partial charge in [0.05, 0.1) is 18.7 Å². The molecule has 8 nitrogen and oxygen atoms in total. The molecule has 4 rings (SSSR count). The number of aliphatic hydroxyl groups is 1. The average molecular weight is 451 g/mol. The number of methoxy groups -OCH3 is 1. The van der Waals surface area contributed by atoms with E-state index in [1.807, 2.05) is 29.2 Å². The third-order valence-electron chi connectivity index (χ3n) is 6.18. The zero-order chi connectivity index (χ0) is 23.2. The number of carbonyl (C=O) groups is 1. The Bertz CT molecular complexity index is 959. The first-order valence-corrected chi connectivity index (χ1v) is 11.3. The molecule has 2 amide bonds. The zero-order valence-corrected chi connectivity index (χ0v) is 18.8. The van der Waals surface area contributed by atoms with E-state index in [1.54, 1.807) is 31.4 Å². The Morgan fingerprint density at radius 2 is 1.73 bits per heavy atom. The molecule has 2 aliphatic heterocycles. The number of nitriles is 1. The summed E-state index contributed by atoms with van der Waals surface area (Å²) >= 11 is 0. The number of likely N-dealkylation sites (tertiary alicyclic amines) is 2. The topological polar surface area (TPSA) is 98.1 Å². The number of nitrogens with zero attached hydrogens (tertiary/aromatic N) is 3. The van der Waals surface area contributed by atoms with Gasteiger partial charge in [0.2, 0.25) is 0 Å². The van der Waals surface area contributed by atoms with Crippen molar-refractivity contribution >= 4 is 11.7 Å². The van der Waals surface area contributed by atoms with E-state index in [9.17, 15) is 9.90 Å². The van der Waals surface area contributed by atoms with Gasteiger partial charge >= 0.3 is 6.03 Å². The number of fused-ring (bicyclic) bond motifs is 2. The monoisotopic (exact) mass is 450 g/mol. The summed E-state index contributed by atoms with van der Waals surface area (Å²) in [5.41, 5.74) is 1.33. The molecule has 0 saturated carbocycles. The molecular weight excluding hydrogens is 420 g/mol. The molecule has 33 heavy (non-hydrogen) atoms. The van der Waals surface area contributed by atoms with Crippen molar-refractivity contribution in [3.63, 3.8) is 0 Å². The summed E-state index contributed by atoms with van der Waals surface area (Å²) in [6.45, 7) is 3.89. The molecule has 0 aromatic heterocycles. The van der Waals surface area contributed by atoms with E-state index in [1.165, 1.54) is 0 Å². The number of piperidine rings is 2. The Kier molecular flexibility index (Phi) is 7.33. The van der Waals surface area contributed by atoms with Crippen molar-refractivity contribution in [2.24, 2.45) is 11.8 Å². The van der Waals surface area contributed by atoms with Gasteiger partial charge in [-0.2, -0.15) is 5.26 Å². The number of hydrogen-bond acceptors (Lipinski definition) is 6. The van der Waals surface area contributed by atoms with Crippen LogP contribution in [0.25, 0.3) is 0 Å². The molecule has 2 heterocycles. The van der Waals surface area contributed by atoms with Crippen molar-refractivity contribution in [2.45, 2.75) is 12.5 Å². The minimum Gasteiger partial charge on any atom is -0.497 e. The van der Waals surface area contributed by atoms with Crippen LogP contribution in [0, 0.1) is 23.2 Å². The molecule has 2 aromatic rings. The van der Waals surface area contributed by atoms with Gasteiger partial charge in [0, 0.05) is 38.4 Å². The number of hydrogen-bond donors (Lipinski definition) is 2. The van der Waals surface area contributed by atoms with E-state index in [0.717, 1.165) is 30.9 Å². The summed E-state index contributed by atoms with van der Waals surface area (Å²) in [7, 11) is 1.62. The van der Waals surface area contributed by atoms with Gasteiger partial charge in [-0.1, -0.05) is 0 Å². The quantitative estimate of drug-likeness (QED) is 0.673. The van der Waals surface area contributed by atoms with Gasteiger partial charge in [-0.05, 0) is 66.8 Å². The highest BCUT2D eigenvalue weighted by molar-refractivity contribution is 5.89. The molecule has 0 aliphatic carbocycles. The fraction of sp³-hybridized carbons (Fsp3) is 0.440. The molecule has 3 atom stereocenters. The maximum absolute atomic E-state index is 12.8. The van der Waals surface area contributed by atoms with E-state index in [4.69, 9.17) is 14.7 Å². The summed E-state index contributed by atoms with van der Waals surface area (Å²) in [6.07, 6.45) is 0.509. The number of urea groups is 1. The van der Waals surface area contributed by atoms with E-state index < -0.39 is 6.10 Å². The normalized spacial score (nSPS) is 21.1. The van der Waals surface area contributed by atoms with Crippen LogP contribution in [0.3, 0.4) is 0 Å². The number of aliphatic hydroxyl groups excluding tert-OH is 1. The summed E-state index contributed by atoms with van der Waals surface area (Å²) in [5, 5.41) is 22.3. The van der Waals surface area contributed by atoms with E-state index in [-0.39, 0.29) is 12.6 Å². The lowest BCUT2D eigenvalue weighted by Crippen LogP contribution is -2.56. The predicted octanol–water partition coefficient (Wildman–Crippen LogP) is 2.79. The second-order valence-electron chi connectivity index (χ2n) is 8.85. The van der Waals surface area contributed by atoms with E-state index >= 15 is 0 Å². The van der Waals surface area contributed by atoms with Crippen molar-refractivity contribution < 1.29 is 19.4 Å². The molecule has 2 aliphatic rings. The first-order chi connectivity index (χ1) is 16.0. The van der Waals surface area contributed by atoms with Crippen LogP contribution >= 0.6 is 0 Å². The van der Waals surface area contributed by atoms with Crippen LogP contribution in [0.4, 0.5) is 10.5 Å². The van der Waals surface area contributed by atoms with Gasteiger partial charge in [0.1, 0.15) is 24.2 Å². The maximum atomic E-state index is 12.8. The highest BCUT2D eigenvalue weighted by Gasteiger charge is 2.36. The lowest BCUT2D eigenvalue weighted by Gasteiger charge is -2.46. The third kappa shape index (κ3) is 6.15. The number of amides is 2. The molecule has 2 saturated heterocycles. The van der Waals surface area contributed by atoms with Crippen LogP contribution in [0.15, 0.2) is 48.5 Å². The minimum atomic E-state index is -0.603. The molecule has 8 heteroatoms. The van der Waals surface area contributed by atoms with Gasteiger partial charge in [-0.25, -0.2) is 4.79 Å². The number of rotatable bonds is 7. The number of β-amino-alcohol motifs (C(OH)–C–C–N with tert-alkyl or cyclic N) is 1. The summed E-state index contributed by atoms with van der Waals surface area (Å²) < 4.78 is 10.8. The third-order valence-corrected chi connectivity index (χ3v) is 6.18. The van der Waals surface area contributed by atoms with Crippen molar-refractivity contribution in [1.82, 2.24) is 9.80 Å². The summed E-state index contributed by atoms with van der Waals surface area (Å²) in [5.74, 6) is 2.18. The Morgan fingerprint density at radius 1 is 1.09 bits per heavy atom. The van der Waals surface area contributed by atoms with Crippen LogP contribution in [0.5, 0.6) is 11.5 Å². The molecule has 3 unspecified atom stereocenters. The minimum absolute atomic E-state index is 0.0702. The average Bonchev–Trinajstić information content (AvgIpc) is 2.83. The van der Waals surface area contributed by atoms with Crippen LogP contribution in [-0.2, 0) is 0 Å².